The molecule has 0 aliphatic carbocycles. The zero-order valence-corrected chi connectivity index (χ0v) is 12.4. The molecule has 1 aromatic rings. The average Bonchev–Trinajstić information content (AvgIpc) is 2.35. The molecule has 1 atom stereocenters. The number of carbonyl (C=O) groups excluding carboxylic acids is 1. The molecule has 1 fully saturated rings. The van der Waals surface area contributed by atoms with Crippen molar-refractivity contribution in [3.8, 4) is 5.75 Å². The van der Waals surface area contributed by atoms with Gasteiger partial charge in [0.1, 0.15) is 18.5 Å². The Morgan fingerprint density at radius 1 is 1.60 bits per heavy atom. The summed E-state index contributed by atoms with van der Waals surface area (Å²) >= 11 is 5.91. The van der Waals surface area contributed by atoms with Gasteiger partial charge in [-0.2, -0.15) is 0 Å². The van der Waals surface area contributed by atoms with Crippen molar-refractivity contribution in [2.24, 2.45) is 5.73 Å². The third-order valence-corrected chi connectivity index (χ3v) is 3.28. The number of carbonyl (C=O) groups is 1. The summed E-state index contributed by atoms with van der Waals surface area (Å²) in [4.78, 5) is 11.3. The fourth-order valence-electron chi connectivity index (χ4n) is 2.16. The fourth-order valence-corrected chi connectivity index (χ4v) is 2.33. The van der Waals surface area contributed by atoms with Crippen LogP contribution in [0.1, 0.15) is 24.2 Å². The summed E-state index contributed by atoms with van der Waals surface area (Å²) in [5, 5.41) is 3.78. The maximum Gasteiger partial charge on any atom is 0.252 e. The van der Waals surface area contributed by atoms with E-state index in [1.807, 2.05) is 13.8 Å². The zero-order chi connectivity index (χ0) is 14.8. The number of nitrogens with one attached hydrogen (secondary N) is 1. The fraction of sp³-hybridized carbons (Fsp3) is 0.500. The molecule has 6 heteroatoms. The Bertz CT molecular complexity index is 505. The van der Waals surface area contributed by atoms with Crippen LogP contribution < -0.4 is 15.8 Å². The molecular formula is C14H19ClN2O3. The van der Waals surface area contributed by atoms with Crippen LogP contribution in [0.25, 0.3) is 0 Å². The monoisotopic (exact) mass is 298 g/mol. The number of primary amides is 1. The van der Waals surface area contributed by atoms with E-state index in [2.05, 4.69) is 5.32 Å². The lowest BCUT2D eigenvalue weighted by Crippen LogP contribution is -2.52. The van der Waals surface area contributed by atoms with Gasteiger partial charge in [0.25, 0.3) is 5.91 Å². The molecule has 1 amide bonds. The van der Waals surface area contributed by atoms with E-state index < -0.39 is 5.91 Å². The normalized spacial score (nSPS) is 21.4. The number of morpholine rings is 1. The number of halogens is 1. The highest BCUT2D eigenvalue weighted by atomic mass is 35.5. The molecule has 0 aromatic heterocycles. The smallest absolute Gasteiger partial charge is 0.252 e. The molecule has 1 aliphatic rings. The molecule has 3 N–H and O–H groups in total. The third kappa shape index (κ3) is 3.85. The highest BCUT2D eigenvalue weighted by Crippen LogP contribution is 2.24. The van der Waals surface area contributed by atoms with Crippen LogP contribution in [-0.2, 0) is 4.74 Å². The minimum absolute atomic E-state index is 0.0848. The van der Waals surface area contributed by atoms with Gasteiger partial charge < -0.3 is 20.5 Å². The van der Waals surface area contributed by atoms with E-state index in [1.165, 1.54) is 0 Å². The second-order valence-corrected chi connectivity index (χ2v) is 5.88. The number of amides is 1. The molecule has 1 aromatic carbocycles. The molecule has 1 unspecified atom stereocenters. The van der Waals surface area contributed by atoms with Crippen LogP contribution in [0.3, 0.4) is 0 Å². The highest BCUT2D eigenvalue weighted by Gasteiger charge is 2.28. The van der Waals surface area contributed by atoms with Crippen molar-refractivity contribution in [2.45, 2.75) is 25.6 Å². The number of hydrogen-bond acceptors (Lipinski definition) is 4. The standard InChI is InChI=1S/C14H19ClN2O3/c1-14(2)8-17-6-10(20-14)7-19-12-5-9(15)3-4-11(12)13(16)18/h3-5,10,17H,6-8H2,1-2H3,(H2,16,18). The van der Waals surface area contributed by atoms with Gasteiger partial charge in [-0.05, 0) is 32.0 Å². The van der Waals surface area contributed by atoms with Gasteiger partial charge in [0.15, 0.2) is 0 Å². The maximum absolute atomic E-state index is 11.3. The SMILES string of the molecule is CC1(C)CNCC(COc2cc(Cl)ccc2C(N)=O)O1. The number of rotatable bonds is 4. The van der Waals surface area contributed by atoms with E-state index in [1.54, 1.807) is 18.2 Å². The van der Waals surface area contributed by atoms with Gasteiger partial charge in [-0.25, -0.2) is 0 Å². The van der Waals surface area contributed by atoms with Crippen LogP contribution in [0.2, 0.25) is 5.02 Å². The number of hydrogen-bond donors (Lipinski definition) is 2. The van der Waals surface area contributed by atoms with E-state index in [0.29, 0.717) is 29.5 Å². The molecule has 1 saturated heterocycles. The molecule has 1 aliphatic heterocycles. The number of nitrogens with two attached hydrogens (primary N) is 1. The zero-order valence-electron chi connectivity index (χ0n) is 11.6. The minimum atomic E-state index is -0.542. The van der Waals surface area contributed by atoms with E-state index in [0.717, 1.165) is 6.54 Å². The first-order valence-electron chi connectivity index (χ1n) is 6.48. The van der Waals surface area contributed by atoms with Crippen LogP contribution in [0.15, 0.2) is 18.2 Å². The maximum atomic E-state index is 11.3. The number of ether oxygens (including phenoxy) is 2. The summed E-state index contributed by atoms with van der Waals surface area (Å²) in [7, 11) is 0. The Kier molecular flexibility index (Phi) is 4.52. The Balaban J connectivity index is 2.03. The Hall–Kier alpha value is -1.30. The molecule has 0 bridgehead atoms. The minimum Gasteiger partial charge on any atom is -0.490 e. The molecule has 1 heterocycles. The molecule has 0 spiro atoms. The van der Waals surface area contributed by atoms with E-state index in [4.69, 9.17) is 26.8 Å². The molecular weight excluding hydrogens is 280 g/mol. The van der Waals surface area contributed by atoms with Crippen molar-refractivity contribution in [2.75, 3.05) is 19.7 Å². The summed E-state index contributed by atoms with van der Waals surface area (Å²) in [6, 6.07) is 4.75. The molecule has 0 radical (unpaired) electrons. The van der Waals surface area contributed by atoms with Crippen molar-refractivity contribution in [3.05, 3.63) is 28.8 Å². The predicted molar refractivity (Wildman–Crippen MR) is 77.3 cm³/mol. The average molecular weight is 299 g/mol. The highest BCUT2D eigenvalue weighted by molar-refractivity contribution is 6.30. The quantitative estimate of drug-likeness (QED) is 0.885. The molecule has 20 heavy (non-hydrogen) atoms. The predicted octanol–water partition coefficient (Wildman–Crippen LogP) is 1.58. The Labute approximate surface area is 123 Å². The first-order chi connectivity index (χ1) is 9.37. The molecule has 5 nitrogen and oxygen atoms in total. The van der Waals surface area contributed by atoms with Crippen LogP contribution >= 0.6 is 11.6 Å². The molecule has 110 valence electrons. The van der Waals surface area contributed by atoms with Crippen molar-refractivity contribution in [1.82, 2.24) is 5.32 Å². The van der Waals surface area contributed by atoms with E-state index in [-0.39, 0.29) is 11.7 Å². The Morgan fingerprint density at radius 2 is 2.35 bits per heavy atom. The third-order valence-electron chi connectivity index (χ3n) is 3.04. The lowest BCUT2D eigenvalue weighted by atomic mass is 10.1. The van der Waals surface area contributed by atoms with Crippen LogP contribution in [0, 0.1) is 0 Å². The van der Waals surface area contributed by atoms with Gasteiger partial charge in [0.2, 0.25) is 0 Å². The van der Waals surface area contributed by atoms with E-state index >= 15 is 0 Å². The van der Waals surface area contributed by atoms with E-state index in [9.17, 15) is 4.79 Å². The lowest BCUT2D eigenvalue weighted by Gasteiger charge is -2.36. The molecule has 0 saturated carbocycles. The van der Waals surface area contributed by atoms with Crippen molar-refractivity contribution >= 4 is 17.5 Å². The summed E-state index contributed by atoms with van der Waals surface area (Å²) in [5.41, 5.74) is 5.40. The van der Waals surface area contributed by atoms with Crippen LogP contribution in [0.4, 0.5) is 0 Å². The van der Waals surface area contributed by atoms with Gasteiger partial charge in [0.05, 0.1) is 11.2 Å². The first-order valence-corrected chi connectivity index (χ1v) is 6.86. The molecule has 2 rings (SSSR count). The van der Waals surface area contributed by atoms with Crippen LogP contribution in [0.5, 0.6) is 5.75 Å². The van der Waals surface area contributed by atoms with Gasteiger partial charge >= 0.3 is 0 Å². The van der Waals surface area contributed by atoms with Crippen molar-refractivity contribution in [1.29, 1.82) is 0 Å². The van der Waals surface area contributed by atoms with Gasteiger partial charge in [-0.15, -0.1) is 0 Å². The Morgan fingerprint density at radius 3 is 3.00 bits per heavy atom. The summed E-state index contributed by atoms with van der Waals surface area (Å²) in [6.45, 7) is 5.86. The lowest BCUT2D eigenvalue weighted by molar-refractivity contribution is -0.107. The van der Waals surface area contributed by atoms with Crippen molar-refractivity contribution < 1.29 is 14.3 Å². The van der Waals surface area contributed by atoms with Gasteiger partial charge in [-0.1, -0.05) is 11.6 Å². The van der Waals surface area contributed by atoms with Gasteiger partial charge in [-0.3, -0.25) is 4.79 Å². The second kappa shape index (κ2) is 5.99. The van der Waals surface area contributed by atoms with Crippen molar-refractivity contribution in [3.63, 3.8) is 0 Å². The summed E-state index contributed by atoms with van der Waals surface area (Å²) in [5.74, 6) is -0.156. The topological polar surface area (TPSA) is 73.6 Å². The summed E-state index contributed by atoms with van der Waals surface area (Å²) in [6.07, 6.45) is -0.0848. The second-order valence-electron chi connectivity index (χ2n) is 5.45. The summed E-state index contributed by atoms with van der Waals surface area (Å²) < 4.78 is 11.6. The van der Waals surface area contributed by atoms with Crippen LogP contribution in [-0.4, -0.2) is 37.3 Å². The largest absolute Gasteiger partial charge is 0.490 e. The number of benzene rings is 1. The van der Waals surface area contributed by atoms with Gasteiger partial charge in [0, 0.05) is 18.1 Å². The first kappa shape index (κ1) is 15.1.